The Bertz CT molecular complexity index is 679. The molecule has 0 bridgehead atoms. The maximum atomic E-state index is 12.3. The highest BCUT2D eigenvalue weighted by atomic mass is 35.5. The highest BCUT2D eigenvalue weighted by Crippen LogP contribution is 2.42. The van der Waals surface area contributed by atoms with Crippen LogP contribution in [0.25, 0.3) is 5.70 Å². The Kier molecular flexibility index (Phi) is 3.96. The average molecular weight is 329 g/mol. The highest BCUT2D eigenvalue weighted by molar-refractivity contribution is 7.97. The van der Waals surface area contributed by atoms with Crippen LogP contribution in [0.2, 0.25) is 0 Å². The summed E-state index contributed by atoms with van der Waals surface area (Å²) < 4.78 is 24.6. The minimum Gasteiger partial charge on any atom is -0.395 e. The van der Waals surface area contributed by atoms with Crippen LogP contribution in [0.3, 0.4) is 0 Å². The smallest absolute Gasteiger partial charge is 0.220 e. The van der Waals surface area contributed by atoms with Crippen LogP contribution in [0.4, 0.5) is 0 Å². The van der Waals surface area contributed by atoms with Crippen molar-refractivity contribution in [2.24, 2.45) is 0 Å². The summed E-state index contributed by atoms with van der Waals surface area (Å²) in [5.41, 5.74) is 1.31. The monoisotopic (exact) mass is 328 g/mol. The van der Waals surface area contributed by atoms with Crippen LogP contribution in [0.1, 0.15) is 5.56 Å². The van der Waals surface area contributed by atoms with Crippen LogP contribution in [0.5, 0.6) is 0 Å². The second-order valence-corrected chi connectivity index (χ2v) is 7.63. The van der Waals surface area contributed by atoms with Crippen LogP contribution in [-0.2, 0) is 9.84 Å². The summed E-state index contributed by atoms with van der Waals surface area (Å²) in [4.78, 5) is 4.47. The molecule has 114 valence electrons. The normalized spacial score (nSPS) is 21.7. The number of aliphatic hydroxyl groups is 1. The molecule has 5 nitrogen and oxygen atoms in total. The first-order valence-electron chi connectivity index (χ1n) is 6.88. The third-order valence-corrected chi connectivity index (χ3v) is 6.35. The maximum Gasteiger partial charge on any atom is 0.220 e. The van der Waals surface area contributed by atoms with Gasteiger partial charge in [0.15, 0.2) is 4.36 Å². The molecule has 1 aromatic rings. The second-order valence-electron chi connectivity index (χ2n) is 5.17. The second kappa shape index (κ2) is 5.61. The van der Waals surface area contributed by atoms with Gasteiger partial charge in [-0.2, -0.15) is 0 Å². The molecule has 0 amide bonds. The third-order valence-electron chi connectivity index (χ3n) is 3.96. The molecule has 0 atom stereocenters. The molecule has 21 heavy (non-hydrogen) atoms. The molecule has 0 aromatic heterocycles. The fraction of sp³-hybridized carbons (Fsp3) is 0.429. The fourth-order valence-corrected chi connectivity index (χ4v) is 4.73. The molecule has 3 rings (SSSR count). The highest BCUT2D eigenvalue weighted by Gasteiger charge is 2.37. The minimum atomic E-state index is -3.56. The summed E-state index contributed by atoms with van der Waals surface area (Å²) in [6.45, 7) is 3.77. The molecule has 1 aromatic carbocycles. The summed E-state index contributed by atoms with van der Waals surface area (Å²) in [6, 6.07) is 6.94. The summed E-state index contributed by atoms with van der Waals surface area (Å²) in [5, 5.41) is 8.97. The van der Waals surface area contributed by atoms with Crippen LogP contribution in [-0.4, -0.2) is 62.7 Å². The first kappa shape index (κ1) is 14.8. The Morgan fingerprint density at radius 3 is 2.48 bits per heavy atom. The quantitative estimate of drug-likeness (QED) is 0.895. The number of hydrogen-bond acceptors (Lipinski definition) is 5. The van der Waals surface area contributed by atoms with Crippen molar-refractivity contribution in [3.05, 3.63) is 34.2 Å². The number of benzene rings is 1. The Balaban J connectivity index is 1.91. The zero-order valence-corrected chi connectivity index (χ0v) is 13.1. The number of sulfone groups is 1. The average Bonchev–Trinajstić information content (AvgIpc) is 2.69. The topological polar surface area (TPSA) is 60.9 Å². The number of β-amino-alcohol motifs (C(OH)–C–C–N with tert-alkyl or cyclic N) is 1. The first-order chi connectivity index (χ1) is 10.1. The van der Waals surface area contributed by atoms with Gasteiger partial charge in [-0.3, -0.25) is 4.90 Å². The molecule has 7 heteroatoms. The summed E-state index contributed by atoms with van der Waals surface area (Å²) in [5.74, 6) is 0. The molecule has 2 aliphatic heterocycles. The van der Waals surface area contributed by atoms with Gasteiger partial charge in [-0.05, 0) is 6.07 Å². The van der Waals surface area contributed by atoms with Crippen molar-refractivity contribution in [3.8, 4) is 0 Å². The largest absolute Gasteiger partial charge is 0.395 e. The zero-order valence-electron chi connectivity index (χ0n) is 11.5. The molecule has 0 unspecified atom stereocenters. The van der Waals surface area contributed by atoms with Crippen molar-refractivity contribution in [1.29, 1.82) is 0 Å². The summed E-state index contributed by atoms with van der Waals surface area (Å²) in [6.07, 6.45) is 0. The third kappa shape index (κ3) is 2.46. The molecule has 1 fully saturated rings. The van der Waals surface area contributed by atoms with Gasteiger partial charge < -0.3 is 10.0 Å². The maximum absolute atomic E-state index is 12.3. The van der Waals surface area contributed by atoms with Gasteiger partial charge in [-0.25, -0.2) is 8.42 Å². The van der Waals surface area contributed by atoms with E-state index < -0.39 is 9.84 Å². The van der Waals surface area contributed by atoms with Gasteiger partial charge in [0, 0.05) is 38.3 Å². The molecule has 2 heterocycles. The number of rotatable bonds is 3. The minimum absolute atomic E-state index is 0.0701. The van der Waals surface area contributed by atoms with Gasteiger partial charge in [0.2, 0.25) is 9.84 Å². The van der Waals surface area contributed by atoms with E-state index in [-0.39, 0.29) is 11.0 Å². The van der Waals surface area contributed by atoms with E-state index in [4.69, 9.17) is 16.7 Å². The lowest BCUT2D eigenvalue weighted by molar-refractivity contribution is 0.143. The zero-order chi connectivity index (χ0) is 15.0. The van der Waals surface area contributed by atoms with Gasteiger partial charge in [-0.15, -0.1) is 0 Å². The lowest BCUT2D eigenvalue weighted by Gasteiger charge is -2.36. The molecule has 0 spiro atoms. The molecule has 0 aliphatic carbocycles. The van der Waals surface area contributed by atoms with Crippen molar-refractivity contribution in [3.63, 3.8) is 0 Å². The Labute approximate surface area is 129 Å². The molecule has 0 radical (unpaired) electrons. The Hall–Kier alpha value is -1.08. The Morgan fingerprint density at radius 1 is 1.14 bits per heavy atom. The van der Waals surface area contributed by atoms with Crippen LogP contribution < -0.4 is 0 Å². The molecule has 1 saturated heterocycles. The summed E-state index contributed by atoms with van der Waals surface area (Å²) >= 11 is 6.16. The van der Waals surface area contributed by atoms with Crippen LogP contribution in [0, 0.1) is 0 Å². The van der Waals surface area contributed by atoms with Gasteiger partial charge in [0.05, 0.1) is 17.2 Å². The van der Waals surface area contributed by atoms with Crippen molar-refractivity contribution in [2.75, 3.05) is 39.3 Å². The Morgan fingerprint density at radius 2 is 1.81 bits per heavy atom. The van der Waals surface area contributed by atoms with E-state index >= 15 is 0 Å². The van der Waals surface area contributed by atoms with Crippen molar-refractivity contribution < 1.29 is 13.5 Å². The predicted molar refractivity (Wildman–Crippen MR) is 81.5 cm³/mol. The number of aliphatic hydroxyl groups excluding tert-OH is 1. The number of hydrogen-bond donors (Lipinski definition) is 1. The van der Waals surface area contributed by atoms with Gasteiger partial charge >= 0.3 is 0 Å². The van der Waals surface area contributed by atoms with E-state index in [0.29, 0.717) is 35.8 Å². The van der Waals surface area contributed by atoms with Crippen LogP contribution in [0.15, 0.2) is 33.5 Å². The molecular weight excluding hydrogens is 312 g/mol. The van der Waals surface area contributed by atoms with Crippen molar-refractivity contribution in [1.82, 2.24) is 9.80 Å². The van der Waals surface area contributed by atoms with Crippen LogP contribution >= 0.6 is 11.6 Å². The standard InChI is InChI=1S/C14H17ClN2O3S/c15-14-13(17-7-5-16(6-8-17)9-10-18)11-3-1-2-4-12(11)21(14,19)20/h1-4,18H,5-10H2. The predicted octanol–water partition coefficient (Wildman–Crippen LogP) is 0.949. The first-order valence-corrected chi connectivity index (χ1v) is 8.74. The lowest BCUT2D eigenvalue weighted by atomic mass is 10.1. The van der Waals surface area contributed by atoms with E-state index in [0.717, 1.165) is 13.1 Å². The summed E-state index contributed by atoms with van der Waals surface area (Å²) in [7, 11) is -3.56. The lowest BCUT2D eigenvalue weighted by Crippen LogP contribution is -2.46. The molecule has 2 aliphatic rings. The van der Waals surface area contributed by atoms with Crippen molar-refractivity contribution in [2.45, 2.75) is 4.90 Å². The number of nitrogens with zero attached hydrogens (tertiary/aromatic N) is 2. The van der Waals surface area contributed by atoms with Gasteiger partial charge in [0.1, 0.15) is 0 Å². The molecule has 0 saturated carbocycles. The van der Waals surface area contributed by atoms with E-state index in [1.807, 2.05) is 11.0 Å². The van der Waals surface area contributed by atoms with Crippen molar-refractivity contribution >= 4 is 27.1 Å². The fourth-order valence-electron chi connectivity index (χ4n) is 2.86. The van der Waals surface area contributed by atoms with E-state index in [9.17, 15) is 8.42 Å². The van der Waals surface area contributed by atoms with Gasteiger partial charge in [0.25, 0.3) is 0 Å². The SMILES string of the molecule is O=S1(=O)C(Cl)=C(N2CCN(CCO)CC2)c2ccccc21. The number of fused-ring (bicyclic) bond motifs is 1. The number of halogens is 1. The van der Waals surface area contributed by atoms with E-state index in [1.165, 1.54) is 0 Å². The molecule has 1 N–H and O–H groups in total. The number of piperazine rings is 1. The van der Waals surface area contributed by atoms with E-state index in [2.05, 4.69) is 4.90 Å². The molecular formula is C14H17ClN2O3S. The van der Waals surface area contributed by atoms with E-state index in [1.54, 1.807) is 18.2 Å². The van der Waals surface area contributed by atoms with Gasteiger partial charge in [-0.1, -0.05) is 29.8 Å².